The van der Waals surface area contributed by atoms with E-state index in [1.54, 1.807) is 19.2 Å². The summed E-state index contributed by atoms with van der Waals surface area (Å²) in [5, 5.41) is 12.2. The van der Waals surface area contributed by atoms with Crippen molar-refractivity contribution in [2.24, 2.45) is 12.8 Å². The number of carbonyl (C=O) groups excluding carboxylic acids is 2. The average molecular weight is 445 g/mol. The molecule has 0 spiro atoms. The Morgan fingerprint density at radius 1 is 1.16 bits per heavy atom. The molecule has 1 aliphatic rings. The fourth-order valence-electron chi connectivity index (χ4n) is 3.00. The second-order valence-corrected chi connectivity index (χ2v) is 6.71. The lowest BCUT2D eigenvalue weighted by molar-refractivity contribution is -0.286. The van der Waals surface area contributed by atoms with Gasteiger partial charge in [0.05, 0.1) is 6.20 Å². The first-order valence-electron chi connectivity index (χ1n) is 9.19. The fourth-order valence-corrected chi connectivity index (χ4v) is 3.00. The van der Waals surface area contributed by atoms with E-state index < -0.39 is 18.2 Å². The molecule has 0 saturated carbocycles. The Morgan fingerprint density at radius 2 is 1.94 bits per heavy atom. The fraction of sp³-hybridized carbons (Fsp3) is 0.158. The Kier molecular flexibility index (Phi) is 5.22. The number of hydrogen-bond donors (Lipinski definition) is 4. The molecule has 0 unspecified atom stereocenters. The molecule has 0 radical (unpaired) electrons. The molecule has 0 bridgehead atoms. The van der Waals surface area contributed by atoms with Gasteiger partial charge in [0.15, 0.2) is 11.5 Å². The zero-order valence-corrected chi connectivity index (χ0v) is 16.6. The van der Waals surface area contributed by atoms with Crippen LogP contribution in [0.15, 0.2) is 42.7 Å². The van der Waals surface area contributed by atoms with Crippen molar-refractivity contribution in [3.05, 3.63) is 53.9 Å². The van der Waals surface area contributed by atoms with E-state index in [0.717, 1.165) is 5.56 Å². The van der Waals surface area contributed by atoms with Crippen LogP contribution in [0.1, 0.15) is 15.9 Å². The summed E-state index contributed by atoms with van der Waals surface area (Å²) < 4.78 is 36.6. The highest BCUT2D eigenvalue weighted by molar-refractivity contribution is 6.07. The molecule has 166 valence electrons. The lowest BCUT2D eigenvalue weighted by Crippen LogP contribution is -2.25. The van der Waals surface area contributed by atoms with Crippen molar-refractivity contribution in [3.8, 4) is 11.5 Å². The van der Waals surface area contributed by atoms with Crippen molar-refractivity contribution >= 4 is 29.3 Å². The number of primary amides is 1. The van der Waals surface area contributed by atoms with Crippen molar-refractivity contribution in [2.75, 3.05) is 16.0 Å². The summed E-state index contributed by atoms with van der Waals surface area (Å²) in [6.07, 6.45) is -0.876. The average Bonchev–Trinajstić information content (AvgIpc) is 3.23. The van der Waals surface area contributed by atoms with Crippen LogP contribution in [-0.4, -0.2) is 33.0 Å². The number of pyridine rings is 1. The maximum Gasteiger partial charge on any atom is 0.586 e. The van der Waals surface area contributed by atoms with Gasteiger partial charge in [0.25, 0.3) is 5.91 Å². The van der Waals surface area contributed by atoms with Crippen molar-refractivity contribution in [1.29, 1.82) is 0 Å². The number of hydrogen-bond acceptors (Lipinski definition) is 7. The van der Waals surface area contributed by atoms with Gasteiger partial charge in [-0.15, -0.1) is 8.78 Å². The van der Waals surface area contributed by atoms with E-state index in [1.165, 1.54) is 35.3 Å². The van der Waals surface area contributed by atoms with Gasteiger partial charge in [-0.25, -0.2) is 9.78 Å². The molecule has 1 aliphatic heterocycles. The molecule has 4 rings (SSSR count). The number of nitrogens with one attached hydrogen (secondary N) is 3. The number of aryl methyl sites for hydroxylation is 1. The maximum absolute atomic E-state index is 13.2. The number of fused-ring (bicyclic) bond motifs is 1. The Bertz CT molecular complexity index is 1200. The Balaban J connectivity index is 1.46. The summed E-state index contributed by atoms with van der Waals surface area (Å²) in [7, 11) is 1.65. The molecule has 13 heteroatoms. The van der Waals surface area contributed by atoms with Gasteiger partial charge in [0, 0.05) is 31.5 Å². The van der Waals surface area contributed by atoms with Crippen molar-refractivity contribution in [3.63, 3.8) is 0 Å². The van der Waals surface area contributed by atoms with Crippen molar-refractivity contribution in [2.45, 2.75) is 12.8 Å². The molecule has 1 aromatic carbocycles. The zero-order valence-electron chi connectivity index (χ0n) is 16.6. The SMILES string of the molecule is Cn1ncc(C(=O)Nc2ccc3c(c2)OC(F)(F)O3)c1NCc1ccnc(NC(N)=O)c1. The minimum atomic E-state index is -3.74. The maximum atomic E-state index is 13.2. The number of benzene rings is 1. The number of amides is 3. The molecular formula is C19H17F2N7O4. The largest absolute Gasteiger partial charge is 0.586 e. The van der Waals surface area contributed by atoms with E-state index in [9.17, 15) is 18.4 Å². The number of ether oxygens (including phenoxy) is 2. The standard InChI is InChI=1S/C19H17F2N7O4/c1-28-16(24-8-10-4-5-23-15(6-10)27-18(22)30)12(9-25-28)17(29)26-11-2-3-13-14(7-11)32-19(20,21)31-13/h2-7,9,24H,8H2,1H3,(H,26,29)(H3,22,23,27,30). The van der Waals surface area contributed by atoms with Crippen LogP contribution >= 0.6 is 0 Å². The van der Waals surface area contributed by atoms with E-state index in [1.807, 2.05) is 0 Å². The Labute approximate surface area is 179 Å². The van der Waals surface area contributed by atoms with E-state index >= 15 is 0 Å². The van der Waals surface area contributed by atoms with E-state index in [4.69, 9.17) is 5.73 Å². The summed E-state index contributed by atoms with van der Waals surface area (Å²) in [5.41, 5.74) is 6.31. The van der Waals surface area contributed by atoms with Crippen molar-refractivity contribution < 1.29 is 27.8 Å². The third-order valence-electron chi connectivity index (χ3n) is 4.38. The molecule has 3 aromatic rings. The topological polar surface area (TPSA) is 145 Å². The van der Waals surface area contributed by atoms with E-state index in [-0.39, 0.29) is 35.1 Å². The number of carbonyl (C=O) groups is 2. The number of anilines is 3. The second-order valence-electron chi connectivity index (χ2n) is 6.71. The lowest BCUT2D eigenvalue weighted by atomic mass is 10.2. The first-order chi connectivity index (χ1) is 15.2. The summed E-state index contributed by atoms with van der Waals surface area (Å²) >= 11 is 0. The highest BCUT2D eigenvalue weighted by Crippen LogP contribution is 2.42. The first kappa shape index (κ1) is 20.8. The zero-order chi connectivity index (χ0) is 22.9. The van der Waals surface area contributed by atoms with Gasteiger partial charge in [-0.3, -0.25) is 14.8 Å². The molecule has 32 heavy (non-hydrogen) atoms. The number of aromatic nitrogens is 3. The molecule has 0 atom stereocenters. The van der Waals surface area contributed by atoms with Crippen LogP contribution in [0.5, 0.6) is 11.5 Å². The summed E-state index contributed by atoms with van der Waals surface area (Å²) in [5.74, 6) is -0.129. The molecule has 0 saturated heterocycles. The number of alkyl halides is 2. The van der Waals surface area contributed by atoms with Crippen LogP contribution in [-0.2, 0) is 13.6 Å². The third-order valence-corrected chi connectivity index (χ3v) is 4.38. The smallest absolute Gasteiger partial charge is 0.395 e. The van der Waals surface area contributed by atoms with Gasteiger partial charge < -0.3 is 25.8 Å². The quantitative estimate of drug-likeness (QED) is 0.456. The molecule has 5 N–H and O–H groups in total. The lowest BCUT2D eigenvalue weighted by Gasteiger charge is -2.11. The number of halogens is 2. The van der Waals surface area contributed by atoms with Crippen molar-refractivity contribution in [1.82, 2.24) is 14.8 Å². The molecule has 2 aromatic heterocycles. The first-order valence-corrected chi connectivity index (χ1v) is 9.19. The van der Waals surface area contributed by atoms with Crippen LogP contribution in [0.4, 0.5) is 30.9 Å². The molecule has 11 nitrogen and oxygen atoms in total. The second kappa shape index (κ2) is 8.02. The van der Waals surface area contributed by atoms with Crippen LogP contribution in [0.2, 0.25) is 0 Å². The number of rotatable bonds is 6. The summed E-state index contributed by atoms with van der Waals surface area (Å²) in [6.45, 7) is 0.287. The molecular weight excluding hydrogens is 428 g/mol. The van der Waals surface area contributed by atoms with Crippen LogP contribution in [0, 0.1) is 0 Å². The minimum absolute atomic E-state index is 0.126. The molecule has 3 heterocycles. The van der Waals surface area contributed by atoms with E-state index in [0.29, 0.717) is 5.82 Å². The summed E-state index contributed by atoms with van der Waals surface area (Å²) in [6, 6.07) is 6.53. The third kappa shape index (κ3) is 4.50. The Hall–Kier alpha value is -4.42. The normalized spacial score (nSPS) is 13.5. The number of urea groups is 1. The molecule has 3 amide bonds. The summed E-state index contributed by atoms with van der Waals surface area (Å²) in [4.78, 5) is 27.7. The predicted octanol–water partition coefficient (Wildman–Crippen LogP) is 2.49. The van der Waals surface area contributed by atoms with Gasteiger partial charge in [0.2, 0.25) is 0 Å². The number of nitrogens with two attached hydrogens (primary N) is 1. The number of nitrogens with zero attached hydrogens (tertiary/aromatic N) is 3. The molecule has 0 aliphatic carbocycles. The van der Waals surface area contributed by atoms with Gasteiger partial charge in [-0.2, -0.15) is 5.10 Å². The van der Waals surface area contributed by atoms with Gasteiger partial charge >= 0.3 is 12.3 Å². The van der Waals surface area contributed by atoms with Crippen LogP contribution in [0.3, 0.4) is 0 Å². The van der Waals surface area contributed by atoms with Crippen LogP contribution in [0.25, 0.3) is 0 Å². The predicted molar refractivity (Wildman–Crippen MR) is 109 cm³/mol. The van der Waals surface area contributed by atoms with E-state index in [2.05, 4.69) is 35.5 Å². The monoisotopic (exact) mass is 445 g/mol. The van der Waals surface area contributed by atoms with Gasteiger partial charge in [-0.05, 0) is 29.8 Å². The minimum Gasteiger partial charge on any atom is -0.395 e. The molecule has 0 fully saturated rings. The van der Waals surface area contributed by atoms with Crippen LogP contribution < -0.4 is 31.2 Å². The van der Waals surface area contributed by atoms with Gasteiger partial charge in [0.1, 0.15) is 17.2 Å². The van der Waals surface area contributed by atoms with Gasteiger partial charge in [-0.1, -0.05) is 0 Å². The highest BCUT2D eigenvalue weighted by Gasteiger charge is 2.43. The highest BCUT2D eigenvalue weighted by atomic mass is 19.3. The Morgan fingerprint density at radius 3 is 2.72 bits per heavy atom.